The summed E-state index contributed by atoms with van der Waals surface area (Å²) in [6.07, 6.45) is 0.795. The lowest BCUT2D eigenvalue weighted by Crippen LogP contribution is -2.38. The van der Waals surface area contributed by atoms with Gasteiger partial charge in [-0.15, -0.1) is 11.8 Å². The van der Waals surface area contributed by atoms with E-state index in [1.807, 2.05) is 85.8 Å². The molecule has 1 amide bonds. The molecule has 0 N–H and O–H groups in total. The van der Waals surface area contributed by atoms with Gasteiger partial charge in [0.2, 0.25) is 0 Å². The van der Waals surface area contributed by atoms with Gasteiger partial charge >= 0.3 is 5.97 Å². The molecule has 6 rings (SSSR count). The van der Waals surface area contributed by atoms with E-state index in [1.165, 1.54) is 11.8 Å². The second kappa shape index (κ2) is 8.95. The van der Waals surface area contributed by atoms with Gasteiger partial charge in [-0.25, -0.2) is 0 Å². The molecule has 0 aromatic heterocycles. The zero-order valence-electron chi connectivity index (χ0n) is 19.7. The molecule has 5 nitrogen and oxygen atoms in total. The predicted octanol–water partition coefficient (Wildman–Crippen LogP) is 5.66. The summed E-state index contributed by atoms with van der Waals surface area (Å²) in [6.45, 7) is 1.71. The lowest BCUT2D eigenvalue weighted by molar-refractivity contribution is -0.145. The number of para-hydroxylation sites is 1. The van der Waals surface area contributed by atoms with Gasteiger partial charge in [0.15, 0.2) is 12.4 Å². The lowest BCUT2D eigenvalue weighted by Gasteiger charge is -2.22. The number of ketones is 1. The van der Waals surface area contributed by atoms with Crippen LogP contribution in [0, 0.1) is 0 Å². The van der Waals surface area contributed by atoms with Crippen molar-refractivity contribution in [2.45, 2.75) is 24.3 Å². The Labute approximate surface area is 213 Å². The Morgan fingerprint density at radius 1 is 0.889 bits per heavy atom. The minimum atomic E-state index is -0.449. The zero-order chi connectivity index (χ0) is 24.8. The molecule has 0 spiro atoms. The molecule has 1 heterocycles. The first-order valence-electron chi connectivity index (χ1n) is 11.9. The van der Waals surface area contributed by atoms with E-state index in [1.54, 1.807) is 4.90 Å². The fourth-order valence-electron chi connectivity index (χ4n) is 5.32. The van der Waals surface area contributed by atoms with Crippen molar-refractivity contribution in [2.75, 3.05) is 17.3 Å². The number of rotatable bonds is 5. The quantitative estimate of drug-likeness (QED) is 0.233. The van der Waals surface area contributed by atoms with E-state index in [-0.39, 0.29) is 30.1 Å². The second-order valence-electron chi connectivity index (χ2n) is 9.11. The molecule has 4 aromatic rings. The fourth-order valence-corrected chi connectivity index (χ4v) is 6.16. The van der Waals surface area contributed by atoms with Crippen LogP contribution in [0.2, 0.25) is 0 Å². The van der Waals surface area contributed by atoms with Crippen LogP contribution in [-0.2, 0) is 20.7 Å². The van der Waals surface area contributed by atoms with E-state index in [0.717, 1.165) is 44.5 Å². The Bertz CT molecular complexity index is 1560. The molecule has 0 bridgehead atoms. The summed E-state index contributed by atoms with van der Waals surface area (Å²) < 4.78 is 5.35. The number of anilines is 1. The highest BCUT2D eigenvalue weighted by Gasteiger charge is 2.31. The summed E-state index contributed by atoms with van der Waals surface area (Å²) in [6, 6.07) is 25.2. The summed E-state index contributed by atoms with van der Waals surface area (Å²) >= 11 is 1.35. The minimum Gasteiger partial charge on any atom is -0.455 e. The third kappa shape index (κ3) is 3.69. The number of hydrogen-bond acceptors (Lipinski definition) is 5. The number of fused-ring (bicyclic) bond motifs is 3. The van der Waals surface area contributed by atoms with Crippen molar-refractivity contribution >= 4 is 45.9 Å². The van der Waals surface area contributed by atoms with Crippen LogP contribution in [0.3, 0.4) is 0 Å². The van der Waals surface area contributed by atoms with Gasteiger partial charge < -0.3 is 9.64 Å². The molecule has 0 saturated heterocycles. The number of carbonyl (C=O) groups excluding carboxylic acids is 3. The number of ether oxygens (including phenoxy) is 1. The number of benzene rings is 4. The molecule has 4 aromatic carbocycles. The Kier molecular flexibility index (Phi) is 5.61. The van der Waals surface area contributed by atoms with Crippen LogP contribution in [-0.4, -0.2) is 36.1 Å². The molecule has 0 fully saturated rings. The molecule has 1 atom stereocenters. The first kappa shape index (κ1) is 22.6. The van der Waals surface area contributed by atoms with Gasteiger partial charge in [-0.3, -0.25) is 14.4 Å². The molecular formula is C30H23NO4S. The number of thioether (sulfide) groups is 1. The minimum absolute atomic E-state index is 0.0153. The Morgan fingerprint density at radius 2 is 1.64 bits per heavy atom. The van der Waals surface area contributed by atoms with Crippen LogP contribution in [0.15, 0.2) is 83.8 Å². The number of carbonyl (C=O) groups is 3. The normalized spacial score (nSPS) is 15.5. The van der Waals surface area contributed by atoms with Crippen LogP contribution < -0.4 is 4.90 Å². The van der Waals surface area contributed by atoms with Gasteiger partial charge in [-0.05, 0) is 47.6 Å². The molecular weight excluding hydrogens is 470 g/mol. The SMILES string of the molecule is C[C@H]1Cc2ccccc2N1C(=O)COC(=O)CSc1ccc2c3c(cccc13)C(=O)c1ccccc1-2. The van der Waals surface area contributed by atoms with Crippen LogP contribution in [0.25, 0.3) is 21.9 Å². The number of esters is 1. The third-order valence-electron chi connectivity index (χ3n) is 6.89. The third-order valence-corrected chi connectivity index (χ3v) is 7.93. The molecule has 36 heavy (non-hydrogen) atoms. The monoisotopic (exact) mass is 493 g/mol. The summed E-state index contributed by atoms with van der Waals surface area (Å²) in [7, 11) is 0. The van der Waals surface area contributed by atoms with Gasteiger partial charge in [0, 0.05) is 33.1 Å². The molecule has 0 saturated carbocycles. The van der Waals surface area contributed by atoms with E-state index in [9.17, 15) is 14.4 Å². The number of nitrogens with zero attached hydrogens (tertiary/aromatic N) is 1. The maximum atomic E-state index is 13.1. The summed E-state index contributed by atoms with van der Waals surface area (Å²) in [5, 5.41) is 1.85. The average Bonchev–Trinajstić information content (AvgIpc) is 3.25. The van der Waals surface area contributed by atoms with Crippen LogP contribution in [0.1, 0.15) is 28.4 Å². The average molecular weight is 494 g/mol. The van der Waals surface area contributed by atoms with Gasteiger partial charge in [0.1, 0.15) is 0 Å². The van der Waals surface area contributed by atoms with Gasteiger partial charge in [0.25, 0.3) is 5.91 Å². The number of amides is 1. The molecule has 6 heteroatoms. The van der Waals surface area contributed by atoms with Crippen LogP contribution in [0.5, 0.6) is 0 Å². The number of hydrogen-bond donors (Lipinski definition) is 0. The maximum Gasteiger partial charge on any atom is 0.316 e. The largest absolute Gasteiger partial charge is 0.455 e. The van der Waals surface area contributed by atoms with Crippen molar-refractivity contribution in [3.05, 3.63) is 95.6 Å². The van der Waals surface area contributed by atoms with Crippen molar-refractivity contribution in [2.24, 2.45) is 0 Å². The van der Waals surface area contributed by atoms with E-state index < -0.39 is 5.97 Å². The fraction of sp³-hybridized carbons (Fsp3) is 0.167. The van der Waals surface area contributed by atoms with Crippen molar-refractivity contribution in [1.29, 1.82) is 0 Å². The van der Waals surface area contributed by atoms with Crippen LogP contribution in [0.4, 0.5) is 5.69 Å². The van der Waals surface area contributed by atoms with Crippen molar-refractivity contribution < 1.29 is 19.1 Å². The molecule has 1 aliphatic heterocycles. The Hall–Kier alpha value is -3.90. The van der Waals surface area contributed by atoms with E-state index >= 15 is 0 Å². The van der Waals surface area contributed by atoms with Gasteiger partial charge in [-0.1, -0.05) is 66.7 Å². The molecule has 1 aliphatic carbocycles. The standard InChI is InChI=1S/C30H23NO4S/c1-18-15-19-7-2-5-12-25(19)31(18)27(32)16-35-28(33)17-36-26-14-13-21-20-8-3-4-9-22(20)30(34)24-11-6-10-23(26)29(21)24/h2-14,18H,15-17H2,1H3/t18-/m0/s1. The van der Waals surface area contributed by atoms with Crippen LogP contribution >= 0.6 is 11.8 Å². The van der Waals surface area contributed by atoms with Gasteiger partial charge in [-0.2, -0.15) is 0 Å². The Balaban J connectivity index is 1.17. The summed E-state index contributed by atoms with van der Waals surface area (Å²) in [5.41, 5.74) is 5.36. The highest BCUT2D eigenvalue weighted by atomic mass is 32.2. The van der Waals surface area contributed by atoms with Crippen molar-refractivity contribution in [3.8, 4) is 11.1 Å². The molecule has 0 unspecified atom stereocenters. The van der Waals surface area contributed by atoms with E-state index in [2.05, 4.69) is 0 Å². The smallest absolute Gasteiger partial charge is 0.316 e. The molecule has 2 aliphatic rings. The predicted molar refractivity (Wildman–Crippen MR) is 142 cm³/mol. The first-order chi connectivity index (χ1) is 17.5. The van der Waals surface area contributed by atoms with Gasteiger partial charge in [0.05, 0.1) is 5.75 Å². The first-order valence-corrected chi connectivity index (χ1v) is 12.9. The lowest BCUT2D eigenvalue weighted by atomic mass is 9.83. The topological polar surface area (TPSA) is 63.7 Å². The van der Waals surface area contributed by atoms with Crippen molar-refractivity contribution in [1.82, 2.24) is 0 Å². The summed E-state index contributed by atoms with van der Waals surface area (Å²) in [5.74, 6) is -0.579. The molecule has 0 radical (unpaired) electrons. The highest BCUT2D eigenvalue weighted by molar-refractivity contribution is 8.00. The van der Waals surface area contributed by atoms with E-state index in [4.69, 9.17) is 4.74 Å². The zero-order valence-corrected chi connectivity index (χ0v) is 20.5. The molecule has 178 valence electrons. The highest BCUT2D eigenvalue weighted by Crippen LogP contribution is 2.42. The summed E-state index contributed by atoms with van der Waals surface area (Å²) in [4.78, 5) is 41.1. The maximum absolute atomic E-state index is 13.1. The van der Waals surface area contributed by atoms with E-state index in [0.29, 0.717) is 11.1 Å². The Morgan fingerprint density at radius 3 is 2.50 bits per heavy atom. The van der Waals surface area contributed by atoms with Crippen molar-refractivity contribution in [3.63, 3.8) is 0 Å². The second-order valence-corrected chi connectivity index (χ2v) is 10.1.